The van der Waals surface area contributed by atoms with E-state index >= 15 is 0 Å². The lowest BCUT2D eigenvalue weighted by atomic mass is 9.89. The van der Waals surface area contributed by atoms with Crippen LogP contribution < -0.4 is 5.32 Å². The van der Waals surface area contributed by atoms with Crippen molar-refractivity contribution in [2.45, 2.75) is 25.6 Å². The van der Waals surface area contributed by atoms with Crippen molar-refractivity contribution in [3.05, 3.63) is 69.5 Å². The molecule has 1 aliphatic heterocycles. The van der Waals surface area contributed by atoms with Crippen molar-refractivity contribution in [3.8, 4) is 0 Å². The molecule has 0 saturated carbocycles. The molecular formula is C19H19ClN2. The summed E-state index contributed by atoms with van der Waals surface area (Å²) in [4.78, 5) is 4.39. The van der Waals surface area contributed by atoms with Crippen molar-refractivity contribution >= 4 is 17.2 Å². The molecule has 3 heteroatoms. The Morgan fingerprint density at radius 1 is 1.09 bits per heavy atom. The topological polar surface area (TPSA) is 24.9 Å². The fraction of sp³-hybridized carbons (Fsp3) is 0.316. The van der Waals surface area contributed by atoms with Gasteiger partial charge in [0.05, 0.1) is 5.69 Å². The van der Waals surface area contributed by atoms with Crippen LogP contribution in [0.1, 0.15) is 46.1 Å². The smallest absolute Gasteiger partial charge is 0.0739 e. The summed E-state index contributed by atoms with van der Waals surface area (Å²) in [6.07, 6.45) is -3.12. The number of pyridine rings is 1. The van der Waals surface area contributed by atoms with E-state index in [1.54, 1.807) is 24.3 Å². The minimum atomic E-state index is -2.87. The molecule has 0 bridgehead atoms. The highest BCUT2D eigenvalue weighted by Gasteiger charge is 2.23. The van der Waals surface area contributed by atoms with E-state index < -0.39 is 31.3 Å². The van der Waals surface area contributed by atoms with Crippen LogP contribution in [0.4, 0.5) is 0 Å². The summed E-state index contributed by atoms with van der Waals surface area (Å²) in [5.74, 6) is 0. The summed E-state index contributed by atoms with van der Waals surface area (Å²) in [7, 11) is 0. The first-order valence-electron chi connectivity index (χ1n) is 11.1. The van der Waals surface area contributed by atoms with Gasteiger partial charge in [-0.25, -0.2) is 0 Å². The normalized spacial score (nSPS) is 32.2. The molecule has 2 nitrogen and oxygen atoms in total. The van der Waals surface area contributed by atoms with E-state index in [2.05, 4.69) is 4.98 Å². The summed E-state index contributed by atoms with van der Waals surface area (Å²) in [5.41, 5.74) is 1.78. The SMILES string of the molecule is [2H]C1([2H])NC([2H])([2H])C([2H])([2H])C(=C2c3ccc(Cl)cc3CCc3cccnc32)C1([2H])[2H]. The lowest BCUT2D eigenvalue weighted by Crippen LogP contribution is -2.24. The third-order valence-electron chi connectivity index (χ3n) is 3.88. The number of nitrogens with zero attached hydrogens (tertiary/aromatic N) is 1. The van der Waals surface area contributed by atoms with Gasteiger partial charge in [0, 0.05) is 27.8 Å². The van der Waals surface area contributed by atoms with Gasteiger partial charge in [0.1, 0.15) is 0 Å². The van der Waals surface area contributed by atoms with Gasteiger partial charge < -0.3 is 5.32 Å². The van der Waals surface area contributed by atoms with Gasteiger partial charge in [-0.2, -0.15) is 0 Å². The van der Waals surface area contributed by atoms with Crippen LogP contribution in [0.3, 0.4) is 0 Å². The molecule has 4 rings (SSSR count). The summed E-state index contributed by atoms with van der Waals surface area (Å²) in [6, 6.07) is 8.51. The van der Waals surface area contributed by atoms with Crippen molar-refractivity contribution < 1.29 is 11.0 Å². The first-order valence-corrected chi connectivity index (χ1v) is 7.45. The number of benzene rings is 1. The Bertz CT molecular complexity index is 1040. The molecule has 1 aromatic carbocycles. The van der Waals surface area contributed by atoms with Gasteiger partial charge in [-0.05, 0) is 73.5 Å². The van der Waals surface area contributed by atoms with E-state index in [9.17, 15) is 0 Å². The molecule has 1 aliphatic carbocycles. The average molecular weight is 319 g/mol. The number of halogens is 1. The number of piperidine rings is 1. The van der Waals surface area contributed by atoms with Crippen LogP contribution in [0, 0.1) is 0 Å². The Morgan fingerprint density at radius 3 is 2.77 bits per heavy atom. The highest BCUT2D eigenvalue weighted by atomic mass is 35.5. The maximum atomic E-state index is 8.56. The molecule has 1 fully saturated rings. The number of aryl methyl sites for hydroxylation is 2. The van der Waals surface area contributed by atoms with Crippen molar-refractivity contribution in [2.75, 3.05) is 13.0 Å². The lowest BCUT2D eigenvalue weighted by molar-refractivity contribution is 0.611. The fourth-order valence-electron chi connectivity index (χ4n) is 2.90. The number of rotatable bonds is 0. The standard InChI is InChI=1S/C19H19ClN2/c20-16-5-6-17-15(12-16)4-3-14-2-1-9-22-19(14)18(17)13-7-10-21-11-8-13/h1-2,5-6,9,12,21H,3-4,7-8,10-11H2/i7D2,8D2,10D2,11D2. The van der Waals surface area contributed by atoms with Gasteiger partial charge in [-0.1, -0.05) is 29.3 Å². The molecule has 0 amide bonds. The van der Waals surface area contributed by atoms with Gasteiger partial charge in [-0.15, -0.1) is 0 Å². The predicted molar refractivity (Wildman–Crippen MR) is 91.2 cm³/mol. The molecule has 1 aromatic heterocycles. The summed E-state index contributed by atoms with van der Waals surface area (Å²) >= 11 is 6.17. The maximum Gasteiger partial charge on any atom is 0.0739 e. The number of hydrogen-bond acceptors (Lipinski definition) is 2. The van der Waals surface area contributed by atoms with Crippen LogP contribution in [0.2, 0.25) is 5.02 Å². The largest absolute Gasteiger partial charge is 0.316 e. The molecule has 2 aromatic rings. The fourth-order valence-corrected chi connectivity index (χ4v) is 3.10. The lowest BCUT2D eigenvalue weighted by Gasteiger charge is -2.21. The molecular weight excluding hydrogens is 292 g/mol. The third-order valence-corrected chi connectivity index (χ3v) is 4.11. The van der Waals surface area contributed by atoms with Gasteiger partial charge in [0.25, 0.3) is 0 Å². The number of hydrogen-bond donors (Lipinski definition) is 1. The van der Waals surface area contributed by atoms with Crippen LogP contribution in [-0.4, -0.2) is 18.0 Å². The van der Waals surface area contributed by atoms with E-state index in [1.807, 2.05) is 11.4 Å². The zero-order valence-electron chi connectivity index (χ0n) is 19.7. The summed E-state index contributed by atoms with van der Waals surface area (Å²) in [5, 5.41) is 2.37. The van der Waals surface area contributed by atoms with Crippen LogP contribution in [0.15, 0.2) is 42.1 Å². The van der Waals surface area contributed by atoms with E-state index in [4.69, 9.17) is 22.6 Å². The molecule has 0 radical (unpaired) electrons. The number of aromatic nitrogens is 1. The molecule has 2 aliphatic rings. The van der Waals surface area contributed by atoms with Crippen LogP contribution in [0.5, 0.6) is 0 Å². The molecule has 0 atom stereocenters. The zero-order valence-corrected chi connectivity index (χ0v) is 12.5. The number of fused-ring (bicyclic) bond motifs is 2. The first kappa shape index (κ1) is 7.76. The van der Waals surface area contributed by atoms with Crippen molar-refractivity contribution in [1.29, 1.82) is 0 Å². The second-order valence-electron chi connectivity index (χ2n) is 5.19. The van der Waals surface area contributed by atoms with E-state index in [0.29, 0.717) is 29.1 Å². The Hall–Kier alpha value is -1.64. The molecule has 22 heavy (non-hydrogen) atoms. The molecule has 112 valence electrons. The van der Waals surface area contributed by atoms with Gasteiger partial charge in [0.2, 0.25) is 0 Å². The predicted octanol–water partition coefficient (Wildman–Crippen LogP) is 4.02. The minimum absolute atomic E-state index is 0.0824. The second-order valence-corrected chi connectivity index (χ2v) is 5.62. The highest BCUT2D eigenvalue weighted by Crippen LogP contribution is 2.37. The quantitative estimate of drug-likeness (QED) is 0.793. The monoisotopic (exact) mass is 318 g/mol. The maximum absolute atomic E-state index is 8.56. The Balaban J connectivity index is 2.20. The zero-order chi connectivity index (χ0) is 22.1. The molecule has 0 spiro atoms. The highest BCUT2D eigenvalue weighted by molar-refractivity contribution is 6.30. The van der Waals surface area contributed by atoms with Crippen molar-refractivity contribution in [2.24, 2.45) is 0 Å². The third kappa shape index (κ3) is 2.47. The van der Waals surface area contributed by atoms with E-state index in [1.165, 1.54) is 6.20 Å². The van der Waals surface area contributed by atoms with Crippen molar-refractivity contribution in [1.82, 2.24) is 10.3 Å². The van der Waals surface area contributed by atoms with Crippen LogP contribution in [-0.2, 0) is 12.8 Å². The summed E-state index contributed by atoms with van der Waals surface area (Å²) < 4.78 is 66.9. The molecule has 1 N–H and O–H groups in total. The van der Waals surface area contributed by atoms with Crippen LogP contribution in [0.25, 0.3) is 5.57 Å². The molecule has 0 unspecified atom stereocenters. The average Bonchev–Trinajstić information content (AvgIpc) is 2.77. The van der Waals surface area contributed by atoms with Crippen LogP contribution >= 0.6 is 11.6 Å². The molecule has 1 saturated heterocycles. The molecule has 2 heterocycles. The Kier molecular flexibility index (Phi) is 2.07. The van der Waals surface area contributed by atoms with Gasteiger partial charge >= 0.3 is 0 Å². The van der Waals surface area contributed by atoms with Gasteiger partial charge in [-0.3, -0.25) is 4.98 Å². The Morgan fingerprint density at radius 2 is 1.91 bits per heavy atom. The first-order chi connectivity index (χ1) is 13.8. The van der Waals surface area contributed by atoms with Gasteiger partial charge in [0.15, 0.2) is 0 Å². The van der Waals surface area contributed by atoms with E-state index in [0.717, 1.165) is 11.1 Å². The van der Waals surface area contributed by atoms with Crippen molar-refractivity contribution in [3.63, 3.8) is 0 Å². The van der Waals surface area contributed by atoms with E-state index in [-0.39, 0.29) is 5.57 Å². The number of nitrogens with one attached hydrogen (secondary N) is 1. The summed E-state index contributed by atoms with van der Waals surface area (Å²) in [6.45, 7) is -5.73. The second kappa shape index (κ2) is 5.86. The minimum Gasteiger partial charge on any atom is -0.316 e. The Labute approximate surface area is 147 Å².